The Bertz CT molecular complexity index is 2360. The average Bonchev–Trinajstić information content (AvgIpc) is 3.77. The first-order valence-electron chi connectivity index (χ1n) is 21.5. The number of nitriles is 1. The second kappa shape index (κ2) is 19.8. The average molecular weight is 833 g/mol. The molecule has 3 aromatic carbocycles. The molecule has 0 saturated carbocycles. The van der Waals surface area contributed by atoms with E-state index in [-0.39, 0.29) is 36.1 Å². The summed E-state index contributed by atoms with van der Waals surface area (Å²) in [5.41, 5.74) is 6.30. The molecule has 8 rings (SSSR count). The Balaban J connectivity index is 0.761. The lowest BCUT2D eigenvalue weighted by molar-refractivity contribution is -0.135. The molecule has 3 N–H and O–H groups in total. The summed E-state index contributed by atoms with van der Waals surface area (Å²) in [6, 6.07) is 30.4. The summed E-state index contributed by atoms with van der Waals surface area (Å²) in [6.07, 6.45) is 8.88. The van der Waals surface area contributed by atoms with Crippen LogP contribution in [-0.4, -0.2) is 101 Å². The van der Waals surface area contributed by atoms with E-state index in [0.29, 0.717) is 43.1 Å². The zero-order valence-corrected chi connectivity index (χ0v) is 34.8. The zero-order chi connectivity index (χ0) is 42.8. The predicted molar refractivity (Wildman–Crippen MR) is 236 cm³/mol. The fourth-order valence-corrected chi connectivity index (χ4v) is 8.64. The number of anilines is 2. The van der Waals surface area contributed by atoms with Crippen molar-refractivity contribution in [1.82, 2.24) is 35.2 Å². The fraction of sp³-hybridized carbons (Fsp3) is 0.354. The molecule has 4 amide bonds. The smallest absolute Gasteiger partial charge is 0.247 e. The normalized spacial score (nSPS) is 17.9. The molecule has 2 atom stereocenters. The van der Waals surface area contributed by atoms with E-state index in [4.69, 9.17) is 5.26 Å². The Labute approximate surface area is 361 Å². The highest BCUT2D eigenvalue weighted by Crippen LogP contribution is 2.28. The van der Waals surface area contributed by atoms with Crippen molar-refractivity contribution in [2.45, 2.75) is 50.6 Å². The summed E-state index contributed by atoms with van der Waals surface area (Å²) < 4.78 is 1.68. The minimum absolute atomic E-state index is 0.0602. The number of nitrogens with one attached hydrogen (secondary N) is 3. The molecule has 0 aliphatic carbocycles. The van der Waals surface area contributed by atoms with Crippen molar-refractivity contribution in [3.8, 4) is 17.2 Å². The van der Waals surface area contributed by atoms with Gasteiger partial charge < -0.3 is 20.4 Å². The van der Waals surface area contributed by atoms with Gasteiger partial charge in [-0.05, 0) is 84.7 Å². The van der Waals surface area contributed by atoms with E-state index in [0.717, 1.165) is 92.2 Å². The van der Waals surface area contributed by atoms with Gasteiger partial charge in [0.15, 0.2) is 0 Å². The molecule has 14 nitrogen and oxygen atoms in total. The lowest BCUT2D eigenvalue weighted by Gasteiger charge is -2.39. The van der Waals surface area contributed by atoms with Crippen LogP contribution in [0.3, 0.4) is 0 Å². The van der Waals surface area contributed by atoms with Gasteiger partial charge in [-0.25, -0.2) is 4.98 Å². The molecular formula is C48H52N10O4. The Morgan fingerprint density at radius 2 is 1.60 bits per heavy atom. The van der Waals surface area contributed by atoms with Crippen molar-refractivity contribution in [2.75, 3.05) is 62.6 Å². The summed E-state index contributed by atoms with van der Waals surface area (Å²) in [6.45, 7) is 7.10. The largest absolute Gasteiger partial charge is 0.369 e. The molecule has 0 radical (unpaired) electrons. The van der Waals surface area contributed by atoms with E-state index < -0.39 is 6.04 Å². The van der Waals surface area contributed by atoms with Gasteiger partial charge >= 0.3 is 0 Å². The van der Waals surface area contributed by atoms with Crippen LogP contribution in [0, 0.1) is 17.2 Å². The maximum atomic E-state index is 13.5. The molecule has 0 spiro atoms. The molecule has 5 aromatic rings. The molecule has 5 heterocycles. The van der Waals surface area contributed by atoms with Crippen LogP contribution in [0.5, 0.6) is 0 Å². The van der Waals surface area contributed by atoms with Gasteiger partial charge in [0.2, 0.25) is 23.6 Å². The first-order chi connectivity index (χ1) is 30.3. The quantitative estimate of drug-likeness (QED) is 0.131. The van der Waals surface area contributed by atoms with Crippen molar-refractivity contribution in [3.05, 3.63) is 132 Å². The van der Waals surface area contributed by atoms with Gasteiger partial charge in [0.1, 0.15) is 18.4 Å². The van der Waals surface area contributed by atoms with Crippen molar-refractivity contribution >= 4 is 35.1 Å². The van der Waals surface area contributed by atoms with Crippen molar-refractivity contribution < 1.29 is 19.2 Å². The standard InChI is InChI=1S/C48H52N10O4/c49-28-35-8-6-34(7-9-35)18-21-50-46(38-4-2-1-3-5-38)48(62)53-43-16-12-39(29-51-43)40-30-52-58(32-40)33-45(60)57-22-19-36(20-23-57)31-55-24-26-56(27-25-55)41-13-10-37(11-14-41)42-15-17-44(59)54-47(42)61/h1-14,16,29-30,32,36,42,46,50H,15,17-27,31,33H2,(H,51,53,62)(H,54,59,61)/t42?,46-/m1/s1. The van der Waals surface area contributed by atoms with Gasteiger partial charge in [0, 0.05) is 88.0 Å². The molecule has 2 aromatic heterocycles. The molecule has 1 unspecified atom stereocenters. The minimum atomic E-state index is -0.591. The number of hydrogen-bond acceptors (Lipinski definition) is 10. The number of piperazine rings is 1. The summed E-state index contributed by atoms with van der Waals surface area (Å²) >= 11 is 0. The number of piperidine rings is 2. The highest BCUT2D eigenvalue weighted by atomic mass is 16.2. The van der Waals surface area contributed by atoms with Gasteiger partial charge in [-0.1, -0.05) is 54.6 Å². The number of amides is 4. The van der Waals surface area contributed by atoms with Gasteiger partial charge in [-0.3, -0.25) is 34.1 Å². The van der Waals surface area contributed by atoms with E-state index in [9.17, 15) is 19.2 Å². The van der Waals surface area contributed by atoms with E-state index >= 15 is 0 Å². The maximum Gasteiger partial charge on any atom is 0.247 e. The summed E-state index contributed by atoms with van der Waals surface area (Å²) in [5.74, 6) is 0.155. The molecule has 3 aliphatic heterocycles. The molecule has 3 fully saturated rings. The SMILES string of the molecule is N#Cc1ccc(CCN[C@@H](C(=O)Nc2ccc(-c3cnn(CC(=O)N4CCC(CN5CCN(c6ccc(C7CCC(=O)NC7=O)cc6)CC5)CC4)c3)cn2)c2ccccc2)cc1. The van der Waals surface area contributed by atoms with Crippen LogP contribution in [0.4, 0.5) is 11.5 Å². The van der Waals surface area contributed by atoms with E-state index in [2.05, 4.69) is 54.0 Å². The first-order valence-corrected chi connectivity index (χ1v) is 21.5. The summed E-state index contributed by atoms with van der Waals surface area (Å²) in [5, 5.41) is 22.4. The van der Waals surface area contributed by atoms with Gasteiger partial charge in [-0.15, -0.1) is 0 Å². The zero-order valence-electron chi connectivity index (χ0n) is 34.8. The third-order valence-corrected chi connectivity index (χ3v) is 12.3. The molecule has 14 heteroatoms. The second-order valence-corrected chi connectivity index (χ2v) is 16.4. The van der Waals surface area contributed by atoms with Crippen LogP contribution in [-0.2, 0) is 32.1 Å². The van der Waals surface area contributed by atoms with Gasteiger partial charge in [-0.2, -0.15) is 10.4 Å². The molecule has 3 aliphatic rings. The lowest BCUT2D eigenvalue weighted by atomic mass is 9.90. The molecule has 318 valence electrons. The van der Waals surface area contributed by atoms with E-state index in [1.165, 1.54) is 0 Å². The Kier molecular flexibility index (Phi) is 13.4. The van der Waals surface area contributed by atoms with Gasteiger partial charge in [0.25, 0.3) is 0 Å². The van der Waals surface area contributed by atoms with E-state index in [1.807, 2.05) is 71.8 Å². The minimum Gasteiger partial charge on any atom is -0.369 e. The molecule has 0 bridgehead atoms. The number of aromatic nitrogens is 3. The number of likely N-dealkylation sites (tertiary alicyclic amines) is 1. The van der Waals surface area contributed by atoms with Crippen LogP contribution in [0.25, 0.3) is 11.1 Å². The van der Waals surface area contributed by atoms with Gasteiger partial charge in [0.05, 0.1) is 23.7 Å². The summed E-state index contributed by atoms with van der Waals surface area (Å²) in [7, 11) is 0. The Morgan fingerprint density at radius 3 is 2.29 bits per heavy atom. The molecule has 3 saturated heterocycles. The van der Waals surface area contributed by atoms with Crippen molar-refractivity contribution in [2.24, 2.45) is 5.92 Å². The number of rotatable bonds is 14. The topological polar surface area (TPSA) is 169 Å². The Morgan fingerprint density at radius 1 is 0.839 bits per heavy atom. The Hall–Kier alpha value is -6.69. The fourth-order valence-electron chi connectivity index (χ4n) is 8.64. The van der Waals surface area contributed by atoms with Crippen molar-refractivity contribution in [1.29, 1.82) is 5.26 Å². The monoisotopic (exact) mass is 832 g/mol. The highest BCUT2D eigenvalue weighted by Gasteiger charge is 2.29. The summed E-state index contributed by atoms with van der Waals surface area (Å²) in [4.78, 5) is 62.1. The first kappa shape index (κ1) is 42.0. The van der Waals surface area contributed by atoms with Crippen LogP contribution in [0.2, 0.25) is 0 Å². The third-order valence-electron chi connectivity index (χ3n) is 12.3. The number of imide groups is 1. The number of carbonyl (C=O) groups excluding carboxylic acids is 4. The maximum absolute atomic E-state index is 13.5. The van der Waals surface area contributed by atoms with E-state index in [1.54, 1.807) is 35.3 Å². The van der Waals surface area contributed by atoms with Crippen molar-refractivity contribution in [3.63, 3.8) is 0 Å². The van der Waals surface area contributed by atoms with Crippen LogP contribution < -0.4 is 20.9 Å². The number of carbonyl (C=O) groups is 4. The molecule has 62 heavy (non-hydrogen) atoms. The second-order valence-electron chi connectivity index (χ2n) is 16.4. The van der Waals surface area contributed by atoms with Crippen LogP contribution >= 0.6 is 0 Å². The third kappa shape index (κ3) is 10.6. The number of pyridine rings is 1. The van der Waals surface area contributed by atoms with Crippen LogP contribution in [0.1, 0.15) is 59.9 Å². The number of nitrogens with zero attached hydrogens (tertiary/aromatic N) is 7. The van der Waals surface area contributed by atoms with Crippen LogP contribution in [0.15, 0.2) is 110 Å². The number of hydrogen-bond donors (Lipinski definition) is 3. The highest BCUT2D eigenvalue weighted by molar-refractivity contribution is 6.01. The number of benzene rings is 3. The lowest BCUT2D eigenvalue weighted by Crippen LogP contribution is -2.49. The predicted octanol–water partition coefficient (Wildman–Crippen LogP) is 4.91. The molecular weight excluding hydrogens is 781 g/mol.